The van der Waals surface area contributed by atoms with E-state index in [4.69, 9.17) is 0 Å². The topological polar surface area (TPSA) is 23.5 Å². The number of hydrogen-bond donors (Lipinski definition) is 1. The molecule has 1 atom stereocenters. The lowest BCUT2D eigenvalue weighted by molar-refractivity contribution is 0.172. The zero-order chi connectivity index (χ0) is 6.85. The first-order valence-electron chi connectivity index (χ1n) is 3.27. The third-order valence-electron chi connectivity index (χ3n) is 1.70. The monoisotopic (exact) mass is 127 g/mol. The second-order valence-corrected chi connectivity index (χ2v) is 2.66. The van der Waals surface area contributed by atoms with Crippen LogP contribution in [0.4, 0.5) is 0 Å². The first-order valence-corrected chi connectivity index (χ1v) is 3.27. The molecule has 52 valence electrons. The van der Waals surface area contributed by atoms with Gasteiger partial charge in [-0.15, -0.1) is 0 Å². The lowest BCUT2D eigenvalue weighted by atomic mass is 10.1. The molecule has 0 aromatic carbocycles. The molecule has 0 aliphatic carbocycles. The van der Waals surface area contributed by atoms with E-state index >= 15 is 0 Å². The van der Waals surface area contributed by atoms with Gasteiger partial charge in [-0.2, -0.15) is 0 Å². The Morgan fingerprint density at radius 3 is 2.89 bits per heavy atom. The van der Waals surface area contributed by atoms with Crippen LogP contribution in [0.2, 0.25) is 0 Å². The summed E-state index contributed by atoms with van der Waals surface area (Å²) in [5, 5.41) is 9.20. The number of aliphatic hydroxyl groups excluding tert-OH is 1. The largest absolute Gasteiger partial charge is 0.389 e. The van der Waals surface area contributed by atoms with Crippen molar-refractivity contribution in [1.29, 1.82) is 0 Å². The molecule has 0 aromatic heterocycles. The summed E-state index contributed by atoms with van der Waals surface area (Å²) >= 11 is 0. The van der Waals surface area contributed by atoms with Gasteiger partial charge < -0.3 is 10.0 Å². The van der Waals surface area contributed by atoms with Crippen molar-refractivity contribution in [2.75, 3.05) is 13.6 Å². The summed E-state index contributed by atoms with van der Waals surface area (Å²) in [7, 11) is 2.02. The van der Waals surface area contributed by atoms with E-state index in [1.807, 2.05) is 20.2 Å². The molecule has 0 spiro atoms. The fourth-order valence-electron chi connectivity index (χ4n) is 1.05. The van der Waals surface area contributed by atoms with Gasteiger partial charge in [0.2, 0.25) is 0 Å². The fraction of sp³-hybridized carbons (Fsp3) is 0.714. The van der Waals surface area contributed by atoms with Gasteiger partial charge in [-0.05, 0) is 18.9 Å². The Labute approximate surface area is 55.8 Å². The van der Waals surface area contributed by atoms with Crippen LogP contribution < -0.4 is 0 Å². The van der Waals surface area contributed by atoms with Crippen molar-refractivity contribution in [1.82, 2.24) is 4.90 Å². The summed E-state index contributed by atoms with van der Waals surface area (Å²) in [5.41, 5.74) is 1.07. The van der Waals surface area contributed by atoms with Gasteiger partial charge in [0.05, 0.1) is 6.10 Å². The zero-order valence-corrected chi connectivity index (χ0v) is 5.96. The van der Waals surface area contributed by atoms with Gasteiger partial charge in [-0.1, -0.05) is 0 Å². The minimum atomic E-state index is -0.193. The average molecular weight is 127 g/mol. The van der Waals surface area contributed by atoms with Crippen molar-refractivity contribution >= 4 is 0 Å². The smallest absolute Gasteiger partial charge is 0.0781 e. The van der Waals surface area contributed by atoms with Crippen LogP contribution in [-0.4, -0.2) is 29.7 Å². The minimum absolute atomic E-state index is 0.193. The van der Waals surface area contributed by atoms with Crippen LogP contribution in [0.15, 0.2) is 11.8 Å². The summed E-state index contributed by atoms with van der Waals surface area (Å²) in [6, 6.07) is 0. The van der Waals surface area contributed by atoms with Crippen LogP contribution >= 0.6 is 0 Å². The zero-order valence-electron chi connectivity index (χ0n) is 5.96. The summed E-state index contributed by atoms with van der Waals surface area (Å²) in [4.78, 5) is 2.10. The second-order valence-electron chi connectivity index (χ2n) is 2.66. The maximum Gasteiger partial charge on any atom is 0.0781 e. The molecule has 0 aromatic rings. The van der Waals surface area contributed by atoms with Crippen LogP contribution in [0.5, 0.6) is 0 Å². The van der Waals surface area contributed by atoms with Gasteiger partial charge in [-0.3, -0.25) is 0 Å². The molecular formula is C7H13NO. The van der Waals surface area contributed by atoms with Crippen molar-refractivity contribution in [2.45, 2.75) is 19.4 Å². The lowest BCUT2D eigenvalue weighted by Gasteiger charge is -2.24. The number of aliphatic hydroxyl groups is 1. The SMILES string of the molecule is CC1=CN(C)CCC1O. The van der Waals surface area contributed by atoms with Crippen LogP contribution in [0.3, 0.4) is 0 Å². The van der Waals surface area contributed by atoms with Crippen LogP contribution in [0.25, 0.3) is 0 Å². The summed E-state index contributed by atoms with van der Waals surface area (Å²) in [6.07, 6.45) is 2.67. The average Bonchev–Trinajstić information content (AvgIpc) is 1.80. The van der Waals surface area contributed by atoms with Gasteiger partial charge in [0.1, 0.15) is 0 Å². The van der Waals surface area contributed by atoms with Gasteiger partial charge in [0.15, 0.2) is 0 Å². The highest BCUT2D eigenvalue weighted by molar-refractivity contribution is 5.06. The van der Waals surface area contributed by atoms with E-state index in [0.717, 1.165) is 18.5 Å². The first kappa shape index (κ1) is 6.62. The predicted octanol–water partition coefficient (Wildman–Crippen LogP) is 0.587. The Hall–Kier alpha value is -0.500. The lowest BCUT2D eigenvalue weighted by Crippen LogP contribution is -2.26. The molecule has 1 unspecified atom stereocenters. The molecule has 1 aliphatic heterocycles. The highest BCUT2D eigenvalue weighted by Gasteiger charge is 2.12. The fourth-order valence-corrected chi connectivity index (χ4v) is 1.05. The Balaban J connectivity index is 2.61. The molecule has 1 aliphatic rings. The quantitative estimate of drug-likeness (QED) is 0.514. The number of hydrogen-bond acceptors (Lipinski definition) is 2. The third-order valence-corrected chi connectivity index (χ3v) is 1.70. The summed E-state index contributed by atoms with van der Waals surface area (Å²) in [5.74, 6) is 0. The molecule has 0 saturated heterocycles. The normalized spacial score (nSPS) is 28.1. The predicted molar refractivity (Wildman–Crippen MR) is 37.0 cm³/mol. The molecule has 0 bridgehead atoms. The Morgan fingerprint density at radius 1 is 1.78 bits per heavy atom. The Morgan fingerprint density at radius 2 is 2.44 bits per heavy atom. The van der Waals surface area contributed by atoms with Crippen LogP contribution in [-0.2, 0) is 0 Å². The van der Waals surface area contributed by atoms with E-state index in [9.17, 15) is 5.11 Å². The molecule has 9 heavy (non-hydrogen) atoms. The number of rotatable bonds is 0. The van der Waals surface area contributed by atoms with Crippen molar-refractivity contribution < 1.29 is 5.11 Å². The second kappa shape index (κ2) is 2.40. The first-order chi connectivity index (χ1) is 4.20. The minimum Gasteiger partial charge on any atom is -0.389 e. The molecule has 0 fully saturated rings. The highest BCUT2D eigenvalue weighted by atomic mass is 16.3. The van der Waals surface area contributed by atoms with E-state index < -0.39 is 0 Å². The van der Waals surface area contributed by atoms with E-state index in [2.05, 4.69) is 4.90 Å². The van der Waals surface area contributed by atoms with Gasteiger partial charge in [0, 0.05) is 19.8 Å². The Bertz CT molecular complexity index is 131. The van der Waals surface area contributed by atoms with Gasteiger partial charge in [0.25, 0.3) is 0 Å². The maximum absolute atomic E-state index is 9.20. The van der Waals surface area contributed by atoms with E-state index in [1.165, 1.54) is 0 Å². The van der Waals surface area contributed by atoms with Crippen molar-refractivity contribution in [3.8, 4) is 0 Å². The van der Waals surface area contributed by atoms with E-state index in [-0.39, 0.29) is 6.10 Å². The maximum atomic E-state index is 9.20. The molecule has 2 nitrogen and oxygen atoms in total. The molecule has 1 N–H and O–H groups in total. The van der Waals surface area contributed by atoms with E-state index in [0.29, 0.717) is 0 Å². The van der Waals surface area contributed by atoms with Crippen LogP contribution in [0, 0.1) is 0 Å². The molecule has 2 heteroatoms. The van der Waals surface area contributed by atoms with Crippen LogP contribution in [0.1, 0.15) is 13.3 Å². The van der Waals surface area contributed by atoms with E-state index in [1.54, 1.807) is 0 Å². The number of nitrogens with zero attached hydrogens (tertiary/aromatic N) is 1. The molecule has 0 saturated carbocycles. The van der Waals surface area contributed by atoms with Crippen molar-refractivity contribution in [2.24, 2.45) is 0 Å². The third kappa shape index (κ3) is 1.45. The summed E-state index contributed by atoms with van der Waals surface area (Å²) < 4.78 is 0. The molecule has 1 heterocycles. The molecule has 0 amide bonds. The molecule has 1 rings (SSSR count). The highest BCUT2D eigenvalue weighted by Crippen LogP contribution is 2.12. The van der Waals surface area contributed by atoms with Crippen molar-refractivity contribution in [3.05, 3.63) is 11.8 Å². The van der Waals surface area contributed by atoms with Gasteiger partial charge in [-0.25, -0.2) is 0 Å². The molecular weight excluding hydrogens is 114 g/mol. The van der Waals surface area contributed by atoms with Crippen molar-refractivity contribution in [3.63, 3.8) is 0 Å². The molecule has 0 radical (unpaired) electrons. The van der Waals surface area contributed by atoms with Gasteiger partial charge >= 0.3 is 0 Å². The standard InChI is InChI=1S/C7H13NO/c1-6-5-8(2)4-3-7(6)9/h5,7,9H,3-4H2,1-2H3. The summed E-state index contributed by atoms with van der Waals surface area (Å²) in [6.45, 7) is 2.93. The Kier molecular flexibility index (Phi) is 1.76.